The summed E-state index contributed by atoms with van der Waals surface area (Å²) in [6, 6.07) is 7.21. The summed E-state index contributed by atoms with van der Waals surface area (Å²) >= 11 is 0. The minimum Gasteiger partial charge on any atom is -0.383 e. The molecular weight excluding hydrogens is 316 g/mol. The minimum absolute atomic E-state index is 0.0329. The van der Waals surface area contributed by atoms with Crippen molar-refractivity contribution in [3.63, 3.8) is 0 Å². The Labute approximate surface area is 135 Å². The molecule has 2 aromatic rings. The van der Waals surface area contributed by atoms with Gasteiger partial charge in [-0.1, -0.05) is 6.07 Å². The van der Waals surface area contributed by atoms with Crippen LogP contribution in [0, 0.1) is 0 Å². The van der Waals surface area contributed by atoms with Crippen molar-refractivity contribution in [3.8, 4) is 0 Å². The largest absolute Gasteiger partial charge is 0.383 e. The summed E-state index contributed by atoms with van der Waals surface area (Å²) in [5.41, 5.74) is 1.51. The van der Waals surface area contributed by atoms with Crippen LogP contribution in [-0.2, 0) is 21.1 Å². The molecule has 0 radical (unpaired) electrons. The van der Waals surface area contributed by atoms with Crippen LogP contribution >= 0.6 is 0 Å². The van der Waals surface area contributed by atoms with E-state index in [9.17, 15) is 13.2 Å². The average molecular weight is 336 g/mol. The van der Waals surface area contributed by atoms with E-state index in [-0.39, 0.29) is 23.5 Å². The maximum Gasteiger partial charge on any atom is 0.251 e. The normalized spacial score (nSPS) is 20.0. The summed E-state index contributed by atoms with van der Waals surface area (Å²) in [4.78, 5) is 12.4. The van der Waals surface area contributed by atoms with Gasteiger partial charge in [-0.3, -0.25) is 4.79 Å². The average Bonchev–Trinajstić information content (AvgIpc) is 3.07. The molecule has 124 valence electrons. The number of hydrogen-bond acceptors (Lipinski definition) is 4. The van der Waals surface area contributed by atoms with Crippen molar-refractivity contribution < 1.29 is 17.9 Å². The molecular formula is C16H20N2O4S. The third-order valence-electron chi connectivity index (χ3n) is 4.14. The third-order valence-corrected chi connectivity index (χ3v) is 5.91. The molecule has 0 aliphatic carbocycles. The number of sulfone groups is 1. The SMILES string of the molecule is COCCn1ccc2ccc(C(=O)NC3CCS(=O)(=O)C3)cc21. The molecule has 3 rings (SSSR count). The molecule has 2 heterocycles. The molecule has 1 N–H and O–H groups in total. The van der Waals surface area contributed by atoms with Crippen LogP contribution < -0.4 is 5.32 Å². The number of rotatable bonds is 5. The highest BCUT2D eigenvalue weighted by Gasteiger charge is 2.29. The zero-order valence-corrected chi connectivity index (χ0v) is 13.8. The van der Waals surface area contributed by atoms with Gasteiger partial charge in [-0.15, -0.1) is 0 Å². The van der Waals surface area contributed by atoms with Gasteiger partial charge in [-0.25, -0.2) is 8.42 Å². The number of nitrogens with one attached hydrogen (secondary N) is 1. The van der Waals surface area contributed by atoms with E-state index in [1.165, 1.54) is 0 Å². The molecule has 7 heteroatoms. The van der Waals surface area contributed by atoms with Gasteiger partial charge in [0.15, 0.2) is 9.84 Å². The summed E-state index contributed by atoms with van der Waals surface area (Å²) < 4.78 is 30.1. The van der Waals surface area contributed by atoms with Gasteiger partial charge in [0.2, 0.25) is 0 Å². The quantitative estimate of drug-likeness (QED) is 0.890. The Hall–Kier alpha value is -1.86. The van der Waals surface area contributed by atoms with Gasteiger partial charge in [-0.05, 0) is 30.0 Å². The van der Waals surface area contributed by atoms with Crippen molar-refractivity contribution in [3.05, 3.63) is 36.0 Å². The van der Waals surface area contributed by atoms with Crippen molar-refractivity contribution in [1.29, 1.82) is 0 Å². The van der Waals surface area contributed by atoms with Crippen molar-refractivity contribution in [1.82, 2.24) is 9.88 Å². The van der Waals surface area contributed by atoms with E-state index < -0.39 is 9.84 Å². The van der Waals surface area contributed by atoms with Crippen molar-refractivity contribution in [2.45, 2.75) is 19.0 Å². The predicted molar refractivity (Wildman–Crippen MR) is 88.3 cm³/mol. The summed E-state index contributed by atoms with van der Waals surface area (Å²) in [5, 5.41) is 3.87. The maximum absolute atomic E-state index is 12.4. The van der Waals surface area contributed by atoms with Gasteiger partial charge in [0.1, 0.15) is 0 Å². The van der Waals surface area contributed by atoms with Gasteiger partial charge in [-0.2, -0.15) is 0 Å². The van der Waals surface area contributed by atoms with Gasteiger partial charge in [0.05, 0.1) is 18.1 Å². The Morgan fingerprint density at radius 2 is 2.22 bits per heavy atom. The number of fused-ring (bicyclic) bond motifs is 1. The lowest BCUT2D eigenvalue weighted by Gasteiger charge is -2.11. The van der Waals surface area contributed by atoms with Gasteiger partial charge >= 0.3 is 0 Å². The van der Waals surface area contributed by atoms with E-state index >= 15 is 0 Å². The summed E-state index contributed by atoms with van der Waals surface area (Å²) in [7, 11) is -1.35. The number of hydrogen-bond donors (Lipinski definition) is 1. The van der Waals surface area contributed by atoms with Crippen LogP contribution in [-0.4, -0.2) is 50.2 Å². The Morgan fingerprint density at radius 1 is 1.39 bits per heavy atom. The number of benzene rings is 1. The first-order chi connectivity index (χ1) is 11.0. The van der Waals surface area contributed by atoms with Crippen LogP contribution in [0.15, 0.2) is 30.5 Å². The second kappa shape index (κ2) is 6.33. The van der Waals surface area contributed by atoms with Crippen LogP contribution in [0.25, 0.3) is 10.9 Å². The predicted octanol–water partition coefficient (Wildman–Crippen LogP) is 1.20. The number of nitrogens with zero attached hydrogens (tertiary/aromatic N) is 1. The Balaban J connectivity index is 1.78. The molecule has 1 aliphatic rings. The standard InChI is InChI=1S/C16H20N2O4S/c1-22-8-7-18-6-4-12-2-3-13(10-15(12)18)16(19)17-14-5-9-23(20,21)11-14/h2-4,6,10,14H,5,7-9,11H2,1H3,(H,17,19). The number of amides is 1. The van der Waals surface area contributed by atoms with Crippen LogP contribution in [0.2, 0.25) is 0 Å². The van der Waals surface area contributed by atoms with E-state index in [0.29, 0.717) is 25.1 Å². The van der Waals surface area contributed by atoms with Crippen molar-refractivity contribution >= 4 is 26.6 Å². The number of ether oxygens (including phenoxy) is 1. The fourth-order valence-corrected chi connectivity index (χ4v) is 4.56. The molecule has 0 bridgehead atoms. The second-order valence-electron chi connectivity index (χ2n) is 5.85. The fourth-order valence-electron chi connectivity index (χ4n) is 2.89. The first-order valence-corrected chi connectivity index (χ1v) is 9.40. The molecule has 6 nitrogen and oxygen atoms in total. The van der Waals surface area contributed by atoms with Crippen molar-refractivity contribution in [2.75, 3.05) is 25.2 Å². The number of carbonyl (C=O) groups is 1. The summed E-state index contributed by atoms with van der Waals surface area (Å²) in [6.07, 6.45) is 2.45. The van der Waals surface area contributed by atoms with E-state index in [0.717, 1.165) is 10.9 Å². The van der Waals surface area contributed by atoms with E-state index in [2.05, 4.69) is 5.32 Å². The zero-order valence-electron chi connectivity index (χ0n) is 13.0. The molecule has 1 aliphatic heterocycles. The highest BCUT2D eigenvalue weighted by molar-refractivity contribution is 7.91. The topological polar surface area (TPSA) is 77.4 Å². The highest BCUT2D eigenvalue weighted by Crippen LogP contribution is 2.19. The lowest BCUT2D eigenvalue weighted by molar-refractivity contribution is 0.0941. The zero-order chi connectivity index (χ0) is 16.4. The fraction of sp³-hybridized carbons (Fsp3) is 0.438. The molecule has 1 amide bonds. The Kier molecular flexibility index (Phi) is 4.41. The Bertz CT molecular complexity index is 826. The van der Waals surface area contributed by atoms with E-state index in [1.54, 1.807) is 13.2 Å². The minimum atomic E-state index is -3.00. The summed E-state index contributed by atoms with van der Waals surface area (Å²) in [5.74, 6) is -0.0457. The first kappa shape index (κ1) is 16.0. The molecule has 1 fully saturated rings. The van der Waals surface area contributed by atoms with E-state index in [1.807, 2.05) is 29.0 Å². The van der Waals surface area contributed by atoms with Crippen LogP contribution in [0.4, 0.5) is 0 Å². The number of aromatic nitrogens is 1. The number of carbonyl (C=O) groups excluding carboxylic acids is 1. The monoisotopic (exact) mass is 336 g/mol. The Morgan fingerprint density at radius 3 is 2.91 bits per heavy atom. The molecule has 1 unspecified atom stereocenters. The van der Waals surface area contributed by atoms with Gasteiger partial charge in [0.25, 0.3) is 5.91 Å². The van der Waals surface area contributed by atoms with Crippen LogP contribution in [0.5, 0.6) is 0 Å². The summed E-state index contributed by atoms with van der Waals surface area (Å²) in [6.45, 7) is 1.31. The maximum atomic E-state index is 12.4. The van der Waals surface area contributed by atoms with Gasteiger partial charge in [0, 0.05) is 37.0 Å². The molecule has 1 aromatic carbocycles. The molecule has 0 saturated carbocycles. The third kappa shape index (κ3) is 3.56. The lowest BCUT2D eigenvalue weighted by atomic mass is 10.1. The molecule has 1 atom stereocenters. The molecule has 1 saturated heterocycles. The molecule has 23 heavy (non-hydrogen) atoms. The van der Waals surface area contributed by atoms with Crippen molar-refractivity contribution in [2.24, 2.45) is 0 Å². The van der Waals surface area contributed by atoms with Gasteiger partial charge < -0.3 is 14.6 Å². The second-order valence-corrected chi connectivity index (χ2v) is 8.08. The molecule has 1 aromatic heterocycles. The molecule has 0 spiro atoms. The smallest absolute Gasteiger partial charge is 0.251 e. The highest BCUT2D eigenvalue weighted by atomic mass is 32.2. The first-order valence-electron chi connectivity index (χ1n) is 7.57. The van der Waals surface area contributed by atoms with E-state index in [4.69, 9.17) is 4.74 Å². The lowest BCUT2D eigenvalue weighted by Crippen LogP contribution is -2.35. The number of methoxy groups -OCH3 is 1. The van der Waals surface area contributed by atoms with Crippen LogP contribution in [0.1, 0.15) is 16.8 Å². The van der Waals surface area contributed by atoms with Crippen LogP contribution in [0.3, 0.4) is 0 Å².